The second-order valence-corrected chi connectivity index (χ2v) is 5.01. The summed E-state index contributed by atoms with van der Waals surface area (Å²) in [6.07, 6.45) is 6.01. The highest BCUT2D eigenvalue weighted by atomic mass is 16.5. The first kappa shape index (κ1) is 13.0. The number of methoxy groups -OCH3 is 1. The van der Waals surface area contributed by atoms with Crippen molar-refractivity contribution in [1.82, 2.24) is 9.78 Å². The molecule has 0 amide bonds. The number of benzene rings is 1. The van der Waals surface area contributed by atoms with Gasteiger partial charge in [0.1, 0.15) is 5.75 Å². The molecule has 1 aliphatic heterocycles. The van der Waals surface area contributed by atoms with Gasteiger partial charge in [0.05, 0.1) is 25.0 Å². The van der Waals surface area contributed by atoms with Crippen LogP contribution in [0.2, 0.25) is 0 Å². The van der Waals surface area contributed by atoms with E-state index in [-0.39, 0.29) is 0 Å². The van der Waals surface area contributed by atoms with E-state index in [9.17, 15) is 0 Å². The molecule has 5 nitrogen and oxygen atoms in total. The van der Waals surface area contributed by atoms with Crippen molar-refractivity contribution in [2.24, 2.45) is 0 Å². The van der Waals surface area contributed by atoms with E-state index in [1.807, 2.05) is 29.1 Å². The quantitative estimate of drug-likeness (QED) is 0.873. The van der Waals surface area contributed by atoms with Crippen molar-refractivity contribution in [2.45, 2.75) is 18.9 Å². The average molecular weight is 273 g/mol. The van der Waals surface area contributed by atoms with Crippen LogP contribution in [0.15, 0.2) is 30.6 Å². The van der Waals surface area contributed by atoms with Crippen LogP contribution in [0.1, 0.15) is 18.9 Å². The standard InChI is InChI=1S/C15H19N3O2/c1-19-15-8-11(2-3-14(15)16)12-9-17-18(10-12)13-4-6-20-7-5-13/h2-3,8-10,13H,4-7,16H2,1H3. The number of ether oxygens (including phenoxy) is 2. The minimum absolute atomic E-state index is 0.438. The van der Waals surface area contributed by atoms with Crippen molar-refractivity contribution in [1.29, 1.82) is 0 Å². The second kappa shape index (κ2) is 5.54. The van der Waals surface area contributed by atoms with Crippen LogP contribution >= 0.6 is 0 Å². The zero-order valence-corrected chi connectivity index (χ0v) is 11.6. The summed E-state index contributed by atoms with van der Waals surface area (Å²) in [5.41, 5.74) is 8.63. The fraction of sp³-hybridized carbons (Fsp3) is 0.400. The third-order valence-corrected chi connectivity index (χ3v) is 3.73. The molecule has 2 aromatic rings. The molecule has 0 aliphatic carbocycles. The van der Waals surface area contributed by atoms with Crippen LogP contribution < -0.4 is 10.5 Å². The van der Waals surface area contributed by atoms with E-state index in [1.54, 1.807) is 7.11 Å². The Kier molecular flexibility index (Phi) is 3.60. The van der Waals surface area contributed by atoms with Crippen molar-refractivity contribution < 1.29 is 9.47 Å². The Bertz CT molecular complexity index is 589. The van der Waals surface area contributed by atoms with Crippen LogP contribution in [0.5, 0.6) is 5.75 Å². The number of nitrogens with two attached hydrogens (primary N) is 1. The number of aromatic nitrogens is 2. The van der Waals surface area contributed by atoms with Crippen molar-refractivity contribution in [2.75, 3.05) is 26.1 Å². The number of nitrogen functional groups attached to an aromatic ring is 1. The van der Waals surface area contributed by atoms with Gasteiger partial charge in [0.15, 0.2) is 0 Å². The summed E-state index contributed by atoms with van der Waals surface area (Å²) in [4.78, 5) is 0. The smallest absolute Gasteiger partial charge is 0.142 e. The molecule has 0 radical (unpaired) electrons. The molecule has 0 saturated carbocycles. The third-order valence-electron chi connectivity index (χ3n) is 3.73. The Morgan fingerprint density at radius 1 is 1.30 bits per heavy atom. The van der Waals surface area contributed by atoms with Gasteiger partial charge in [-0.25, -0.2) is 0 Å². The largest absolute Gasteiger partial charge is 0.495 e. The fourth-order valence-corrected chi connectivity index (χ4v) is 2.53. The number of hydrogen-bond acceptors (Lipinski definition) is 4. The summed E-state index contributed by atoms with van der Waals surface area (Å²) in [5, 5.41) is 4.48. The topological polar surface area (TPSA) is 62.3 Å². The lowest BCUT2D eigenvalue weighted by Gasteiger charge is -2.22. The first-order valence-electron chi connectivity index (χ1n) is 6.83. The molecule has 1 fully saturated rings. The second-order valence-electron chi connectivity index (χ2n) is 5.01. The molecule has 5 heteroatoms. The molecule has 1 saturated heterocycles. The van der Waals surface area contributed by atoms with E-state index in [1.165, 1.54) is 0 Å². The number of nitrogens with zero attached hydrogens (tertiary/aromatic N) is 2. The summed E-state index contributed by atoms with van der Waals surface area (Å²) in [6.45, 7) is 1.63. The third kappa shape index (κ3) is 2.49. The molecule has 1 aromatic carbocycles. The number of anilines is 1. The Morgan fingerprint density at radius 2 is 2.10 bits per heavy atom. The van der Waals surface area contributed by atoms with Gasteiger partial charge < -0.3 is 15.2 Å². The Hall–Kier alpha value is -2.01. The lowest BCUT2D eigenvalue weighted by atomic mass is 10.1. The molecule has 3 rings (SSSR count). The molecule has 2 heterocycles. The molecule has 1 aliphatic rings. The van der Waals surface area contributed by atoms with Crippen LogP contribution in [0.3, 0.4) is 0 Å². The van der Waals surface area contributed by atoms with Crippen LogP contribution in [-0.2, 0) is 4.74 Å². The lowest BCUT2D eigenvalue weighted by molar-refractivity contribution is 0.0662. The molecule has 2 N–H and O–H groups in total. The SMILES string of the molecule is COc1cc(-c2cnn(C3CCOCC3)c2)ccc1N. The summed E-state index contributed by atoms with van der Waals surface area (Å²) in [5.74, 6) is 0.696. The monoisotopic (exact) mass is 273 g/mol. The van der Waals surface area contributed by atoms with Crippen LogP contribution in [0.25, 0.3) is 11.1 Å². The fourth-order valence-electron chi connectivity index (χ4n) is 2.53. The molecule has 1 aromatic heterocycles. The Morgan fingerprint density at radius 3 is 2.85 bits per heavy atom. The van der Waals surface area contributed by atoms with E-state index < -0.39 is 0 Å². The van der Waals surface area contributed by atoms with Crippen LogP contribution in [0.4, 0.5) is 5.69 Å². The minimum Gasteiger partial charge on any atom is -0.495 e. The van der Waals surface area contributed by atoms with Crippen molar-refractivity contribution in [3.8, 4) is 16.9 Å². The lowest BCUT2D eigenvalue weighted by Crippen LogP contribution is -2.19. The van der Waals surface area contributed by atoms with Crippen molar-refractivity contribution in [3.63, 3.8) is 0 Å². The predicted octanol–water partition coefficient (Wildman–Crippen LogP) is 2.49. The molecule has 0 unspecified atom stereocenters. The van der Waals surface area contributed by atoms with Gasteiger partial charge in [-0.05, 0) is 30.5 Å². The van der Waals surface area contributed by atoms with E-state index in [2.05, 4.69) is 11.3 Å². The van der Waals surface area contributed by atoms with Gasteiger partial charge in [-0.15, -0.1) is 0 Å². The number of hydrogen-bond donors (Lipinski definition) is 1. The zero-order chi connectivity index (χ0) is 13.9. The first-order chi connectivity index (χ1) is 9.78. The zero-order valence-electron chi connectivity index (χ0n) is 11.6. The number of rotatable bonds is 3. The Balaban J connectivity index is 1.85. The highest BCUT2D eigenvalue weighted by Crippen LogP contribution is 2.29. The van der Waals surface area contributed by atoms with Crippen molar-refractivity contribution >= 4 is 5.69 Å². The summed E-state index contributed by atoms with van der Waals surface area (Å²) in [7, 11) is 1.63. The molecular formula is C15H19N3O2. The summed E-state index contributed by atoms with van der Waals surface area (Å²) < 4.78 is 12.7. The molecule has 0 bridgehead atoms. The molecule has 106 valence electrons. The van der Waals surface area contributed by atoms with Gasteiger partial charge in [0.25, 0.3) is 0 Å². The highest BCUT2D eigenvalue weighted by Gasteiger charge is 2.16. The van der Waals surface area contributed by atoms with Gasteiger partial charge in [0, 0.05) is 25.0 Å². The van der Waals surface area contributed by atoms with E-state index in [4.69, 9.17) is 15.2 Å². The van der Waals surface area contributed by atoms with Crippen LogP contribution in [0, 0.1) is 0 Å². The molecular weight excluding hydrogens is 254 g/mol. The van der Waals surface area contributed by atoms with E-state index in [0.717, 1.165) is 37.2 Å². The predicted molar refractivity (Wildman–Crippen MR) is 77.7 cm³/mol. The molecule has 20 heavy (non-hydrogen) atoms. The van der Waals surface area contributed by atoms with Gasteiger partial charge >= 0.3 is 0 Å². The van der Waals surface area contributed by atoms with E-state index in [0.29, 0.717) is 17.5 Å². The first-order valence-corrected chi connectivity index (χ1v) is 6.83. The van der Waals surface area contributed by atoms with E-state index >= 15 is 0 Å². The average Bonchev–Trinajstić information content (AvgIpc) is 2.98. The molecule has 0 atom stereocenters. The maximum absolute atomic E-state index is 5.84. The molecule has 0 spiro atoms. The minimum atomic E-state index is 0.438. The Labute approximate surface area is 118 Å². The maximum atomic E-state index is 5.84. The van der Waals surface area contributed by atoms with Gasteiger partial charge in [-0.1, -0.05) is 6.07 Å². The van der Waals surface area contributed by atoms with Crippen LogP contribution in [-0.4, -0.2) is 30.1 Å². The summed E-state index contributed by atoms with van der Waals surface area (Å²) >= 11 is 0. The van der Waals surface area contributed by atoms with Crippen molar-refractivity contribution in [3.05, 3.63) is 30.6 Å². The normalized spacial score (nSPS) is 16.2. The highest BCUT2D eigenvalue weighted by molar-refractivity contribution is 5.68. The summed E-state index contributed by atoms with van der Waals surface area (Å²) in [6, 6.07) is 6.23. The van der Waals surface area contributed by atoms with Gasteiger partial charge in [-0.2, -0.15) is 5.10 Å². The maximum Gasteiger partial charge on any atom is 0.142 e. The van der Waals surface area contributed by atoms with Gasteiger partial charge in [0.2, 0.25) is 0 Å². The van der Waals surface area contributed by atoms with Gasteiger partial charge in [-0.3, -0.25) is 4.68 Å².